The molecule has 2 atom stereocenters. The Morgan fingerprint density at radius 1 is 0.418 bits per heavy atom. The molecule has 4 heteroatoms. The van der Waals surface area contributed by atoms with Gasteiger partial charge in [-0.05, 0) is 246 Å². The van der Waals surface area contributed by atoms with Gasteiger partial charge in [-0.15, -0.1) is 0 Å². The van der Waals surface area contributed by atoms with E-state index < -0.39 is 0 Å². The molecule has 6 fully saturated rings. The molecule has 3 nitrogen and oxygen atoms in total. The highest BCUT2D eigenvalue weighted by atomic mass is 15.2. The molecule has 6 bridgehead atoms. The molecule has 9 aromatic carbocycles. The fraction of sp³-hybridized carbons (Fsp3) is 0.280. The summed E-state index contributed by atoms with van der Waals surface area (Å²) in [6, 6.07) is 79.7. The van der Waals surface area contributed by atoms with Crippen molar-refractivity contribution in [1.29, 1.82) is 0 Å². The number of anilines is 6. The van der Waals surface area contributed by atoms with Gasteiger partial charge in [-0.25, -0.2) is 0 Å². The molecule has 1 aromatic heterocycles. The summed E-state index contributed by atoms with van der Waals surface area (Å²) in [6.07, 6.45) is 15.1. The molecule has 18 rings (SSSR count). The number of nitrogens with zero attached hydrogens (tertiary/aromatic N) is 3. The third-order valence-electron chi connectivity index (χ3n) is 21.2. The molecule has 386 valence electrons. The highest BCUT2D eigenvalue weighted by Crippen LogP contribution is 2.62. The van der Waals surface area contributed by atoms with Crippen molar-refractivity contribution in [3.05, 3.63) is 217 Å². The van der Waals surface area contributed by atoms with Gasteiger partial charge in [0, 0.05) is 61.5 Å². The SMILES string of the molecule is CC1CC2CC(C)CC(c3ccc4c(c3)c3cc(C56CC7CC(CC(C7)C5)C6)cc5c3n4B3c4cc(-c6ccccc6)ccc4N(c4ccc(-c6ccccc6)cc4)c4cc(N(c6ccccc6)c6ccccc6)cc-5c43)(C1)C2. The van der Waals surface area contributed by atoms with E-state index in [4.69, 9.17) is 0 Å². The zero-order chi connectivity index (χ0) is 52.1. The number of aromatic nitrogens is 1. The Hall–Kier alpha value is -7.56. The largest absolute Gasteiger partial charge is 0.375 e. The van der Waals surface area contributed by atoms with E-state index in [1.165, 1.54) is 159 Å². The molecule has 3 heterocycles. The van der Waals surface area contributed by atoms with E-state index in [9.17, 15) is 0 Å². The van der Waals surface area contributed by atoms with E-state index in [2.05, 4.69) is 234 Å². The maximum atomic E-state index is 2.86. The van der Waals surface area contributed by atoms with Crippen LogP contribution >= 0.6 is 0 Å². The first-order valence-electron chi connectivity index (χ1n) is 30.2. The highest BCUT2D eigenvalue weighted by molar-refractivity contribution is 6.90. The summed E-state index contributed by atoms with van der Waals surface area (Å²) in [5.41, 5.74) is 24.1. The predicted octanol–water partition coefficient (Wildman–Crippen LogP) is 18.6. The molecule has 0 spiro atoms. The lowest BCUT2D eigenvalue weighted by Crippen LogP contribution is -2.56. The normalized spacial score (nSPS) is 25.8. The molecule has 2 aliphatic heterocycles. The summed E-state index contributed by atoms with van der Waals surface area (Å²) in [4.78, 5) is 5.14. The molecular formula is C75H68BN3. The maximum Gasteiger partial charge on any atom is 0.333 e. The van der Waals surface area contributed by atoms with Crippen molar-refractivity contribution in [2.24, 2.45) is 35.5 Å². The lowest BCUT2D eigenvalue weighted by atomic mass is 9.44. The summed E-state index contributed by atoms with van der Waals surface area (Å²) < 4.78 is 2.86. The summed E-state index contributed by atoms with van der Waals surface area (Å²) in [7, 11) is 0. The smallest absolute Gasteiger partial charge is 0.333 e. The first-order chi connectivity index (χ1) is 38.8. The van der Waals surface area contributed by atoms with Crippen LogP contribution < -0.4 is 20.7 Å². The molecule has 6 aliphatic carbocycles. The van der Waals surface area contributed by atoms with Crippen molar-refractivity contribution >= 4 is 73.7 Å². The van der Waals surface area contributed by atoms with Crippen molar-refractivity contribution in [1.82, 2.24) is 4.48 Å². The zero-order valence-electron chi connectivity index (χ0n) is 45.8. The van der Waals surface area contributed by atoms with Gasteiger partial charge in [0.15, 0.2) is 0 Å². The van der Waals surface area contributed by atoms with Crippen LogP contribution in [0.2, 0.25) is 0 Å². The van der Waals surface area contributed by atoms with Gasteiger partial charge in [-0.2, -0.15) is 0 Å². The molecule has 0 amide bonds. The summed E-state index contributed by atoms with van der Waals surface area (Å²) in [5.74, 6) is 4.88. The van der Waals surface area contributed by atoms with Crippen molar-refractivity contribution in [3.8, 4) is 33.4 Å². The van der Waals surface area contributed by atoms with Crippen LogP contribution in [0.5, 0.6) is 0 Å². The van der Waals surface area contributed by atoms with Crippen LogP contribution in [0.15, 0.2) is 206 Å². The van der Waals surface area contributed by atoms with Gasteiger partial charge < -0.3 is 14.3 Å². The van der Waals surface area contributed by atoms with Crippen LogP contribution in [0.3, 0.4) is 0 Å². The first-order valence-corrected chi connectivity index (χ1v) is 30.2. The Balaban J connectivity index is 0.988. The van der Waals surface area contributed by atoms with E-state index in [0.29, 0.717) is 0 Å². The van der Waals surface area contributed by atoms with E-state index in [1.807, 2.05) is 0 Å². The Labute approximate surface area is 467 Å². The minimum atomic E-state index is -0.0739. The molecule has 0 saturated heterocycles. The van der Waals surface area contributed by atoms with Gasteiger partial charge in [-0.3, -0.25) is 0 Å². The van der Waals surface area contributed by atoms with E-state index in [0.717, 1.165) is 46.9 Å². The first kappa shape index (κ1) is 46.4. The lowest BCUT2D eigenvalue weighted by Gasteiger charge is -2.57. The highest BCUT2D eigenvalue weighted by Gasteiger charge is 2.53. The quantitative estimate of drug-likeness (QED) is 0.141. The molecule has 0 radical (unpaired) electrons. The molecule has 6 saturated carbocycles. The second-order valence-electron chi connectivity index (χ2n) is 26.4. The van der Waals surface area contributed by atoms with Crippen molar-refractivity contribution in [2.75, 3.05) is 9.80 Å². The van der Waals surface area contributed by atoms with Gasteiger partial charge in [0.05, 0.1) is 0 Å². The number of fused-ring (bicyclic) bond motifs is 9. The fourth-order valence-electron chi connectivity index (χ4n) is 18.9. The van der Waals surface area contributed by atoms with Crippen molar-refractivity contribution in [3.63, 3.8) is 0 Å². The molecule has 2 unspecified atom stereocenters. The Kier molecular flexibility index (Phi) is 10.3. The van der Waals surface area contributed by atoms with Gasteiger partial charge in [-0.1, -0.05) is 141 Å². The van der Waals surface area contributed by atoms with Crippen LogP contribution in [-0.2, 0) is 10.8 Å². The minimum Gasteiger partial charge on any atom is -0.375 e. The topological polar surface area (TPSA) is 11.4 Å². The number of para-hydroxylation sites is 2. The van der Waals surface area contributed by atoms with Gasteiger partial charge >= 0.3 is 6.85 Å². The monoisotopic (exact) mass is 1020 g/mol. The molecule has 79 heavy (non-hydrogen) atoms. The van der Waals surface area contributed by atoms with E-state index >= 15 is 0 Å². The lowest BCUT2D eigenvalue weighted by molar-refractivity contribution is -0.00511. The summed E-state index contributed by atoms with van der Waals surface area (Å²) in [6.45, 7) is 5.03. The predicted molar refractivity (Wildman–Crippen MR) is 332 cm³/mol. The van der Waals surface area contributed by atoms with Crippen LogP contribution in [-0.4, -0.2) is 11.3 Å². The molecule has 0 N–H and O–H groups in total. The van der Waals surface area contributed by atoms with Gasteiger partial charge in [0.25, 0.3) is 0 Å². The zero-order valence-corrected chi connectivity index (χ0v) is 45.8. The average Bonchev–Trinajstić information content (AvgIpc) is 3.88. The van der Waals surface area contributed by atoms with Crippen LogP contribution in [0.25, 0.3) is 55.2 Å². The minimum absolute atomic E-state index is 0.0739. The number of rotatable bonds is 8. The summed E-state index contributed by atoms with van der Waals surface area (Å²) >= 11 is 0. The second-order valence-corrected chi connectivity index (χ2v) is 26.4. The number of hydrogen-bond acceptors (Lipinski definition) is 2. The van der Waals surface area contributed by atoms with Crippen LogP contribution in [0.1, 0.15) is 95.6 Å². The maximum absolute atomic E-state index is 2.86. The standard InChI is InChI=1S/C75H68BN3/c1-48-31-50-32-49(2)43-74(42-48,44-50)58-26-30-69-64(37-58)66-38-59(75-45-51-33-52(46-75)35-53(34-51)47-75)39-67-65-40-63(77(60-19-11-5-12-20-60)61-21-13-6-14-22-61)41-71-72(65)76(79(69)73(66)67)68-36-57(55-17-9-4-10-18-55)25-29-70(68)78(71)62-27-23-56(24-28-62)54-15-7-3-8-16-54/h3-30,36-41,48-53H,31-35,42-47H2,1-2H3. The van der Waals surface area contributed by atoms with Crippen molar-refractivity contribution in [2.45, 2.75) is 95.3 Å². The van der Waals surface area contributed by atoms with Crippen molar-refractivity contribution < 1.29 is 0 Å². The molecular weight excluding hydrogens is 954 g/mol. The van der Waals surface area contributed by atoms with Gasteiger partial charge in [0.2, 0.25) is 0 Å². The van der Waals surface area contributed by atoms with Gasteiger partial charge in [0.1, 0.15) is 0 Å². The van der Waals surface area contributed by atoms with E-state index in [1.54, 1.807) is 11.1 Å². The summed E-state index contributed by atoms with van der Waals surface area (Å²) in [5, 5.41) is 2.94. The third-order valence-corrected chi connectivity index (χ3v) is 21.2. The Morgan fingerprint density at radius 3 is 1.57 bits per heavy atom. The van der Waals surface area contributed by atoms with Crippen LogP contribution in [0, 0.1) is 35.5 Å². The molecule has 10 aromatic rings. The fourth-order valence-corrected chi connectivity index (χ4v) is 18.9. The molecule has 8 aliphatic rings. The Morgan fingerprint density at radius 2 is 0.949 bits per heavy atom. The Bertz CT molecular complexity index is 3940. The third kappa shape index (κ3) is 7.18. The number of hydrogen-bond donors (Lipinski definition) is 0. The van der Waals surface area contributed by atoms with Crippen LogP contribution in [0.4, 0.5) is 34.1 Å². The van der Waals surface area contributed by atoms with E-state index in [-0.39, 0.29) is 17.7 Å². The average molecular weight is 1020 g/mol. The second kappa shape index (κ2) is 17.5. The number of benzene rings is 9.